The van der Waals surface area contributed by atoms with Crippen LogP contribution < -0.4 is 21.1 Å². The molecule has 1 aliphatic heterocycles. The number of benzene rings is 3. The largest absolute Gasteiger partial charge is 0.494 e. The summed E-state index contributed by atoms with van der Waals surface area (Å²) < 4.78 is 62.1. The zero-order chi connectivity index (χ0) is 35.8. The second-order valence-electron chi connectivity index (χ2n) is 12.1. The van der Waals surface area contributed by atoms with Crippen molar-refractivity contribution < 1.29 is 46.2 Å². The molecule has 1 aliphatic carbocycles. The first-order valence-corrected chi connectivity index (χ1v) is 16.8. The van der Waals surface area contributed by atoms with Gasteiger partial charge >= 0.3 is 12.0 Å². The van der Waals surface area contributed by atoms with Crippen molar-refractivity contribution in [3.8, 4) is 5.75 Å². The molecule has 0 aromatic heterocycles. The zero-order valence-corrected chi connectivity index (χ0v) is 27.6. The number of hydrogen-bond acceptors (Lipinski definition) is 8. The Balaban J connectivity index is 1.67. The number of likely N-dealkylation sites (tertiary alicyclic amines) is 1. The van der Waals surface area contributed by atoms with Crippen LogP contribution in [0.25, 0.3) is 0 Å². The third kappa shape index (κ3) is 7.13. The Morgan fingerprint density at radius 1 is 1.00 bits per heavy atom. The molecule has 13 nitrogen and oxygen atoms in total. The van der Waals surface area contributed by atoms with Gasteiger partial charge in [-0.05, 0) is 78.9 Å². The van der Waals surface area contributed by atoms with Gasteiger partial charge in [0.1, 0.15) is 11.9 Å². The minimum absolute atomic E-state index is 0.0148. The number of urea groups is 1. The Hall–Kier alpha value is -5.25. The molecule has 3 atom stereocenters. The summed E-state index contributed by atoms with van der Waals surface area (Å²) in [5.74, 6) is -6.13. The van der Waals surface area contributed by atoms with Gasteiger partial charge in [0.15, 0.2) is 21.4 Å². The molecule has 1 unspecified atom stereocenters. The van der Waals surface area contributed by atoms with Crippen LogP contribution in [0.1, 0.15) is 52.8 Å². The van der Waals surface area contributed by atoms with Gasteiger partial charge in [-0.1, -0.05) is 6.07 Å². The first-order valence-electron chi connectivity index (χ1n) is 15.2. The molecule has 1 saturated heterocycles. The quantitative estimate of drug-likeness (QED) is 0.230. The highest BCUT2D eigenvalue weighted by Crippen LogP contribution is 2.45. The maximum atomic E-state index is 15.1. The minimum Gasteiger partial charge on any atom is -0.494 e. The van der Waals surface area contributed by atoms with Gasteiger partial charge in [-0.15, -0.1) is 0 Å². The molecule has 3 aromatic carbocycles. The number of carboxylic acids is 1. The van der Waals surface area contributed by atoms with Crippen molar-refractivity contribution in [2.24, 2.45) is 11.7 Å². The number of halogens is 2. The molecule has 1 heterocycles. The minimum atomic E-state index is -3.97. The van der Waals surface area contributed by atoms with Gasteiger partial charge < -0.3 is 36.0 Å². The van der Waals surface area contributed by atoms with Crippen LogP contribution in [0, 0.1) is 17.6 Å². The van der Waals surface area contributed by atoms with E-state index in [1.807, 2.05) is 0 Å². The van der Waals surface area contributed by atoms with Crippen LogP contribution in [-0.4, -0.2) is 80.1 Å². The Kier molecular flexibility index (Phi) is 9.80. The van der Waals surface area contributed by atoms with E-state index in [-0.39, 0.29) is 51.7 Å². The number of sulfone groups is 1. The Bertz CT molecular complexity index is 1940. The fourth-order valence-electron chi connectivity index (χ4n) is 5.85. The van der Waals surface area contributed by atoms with Crippen molar-refractivity contribution in [3.05, 3.63) is 82.9 Å². The molecular weight excluding hydrogens is 664 g/mol. The number of amides is 4. The highest BCUT2D eigenvalue weighted by Gasteiger charge is 2.48. The first kappa shape index (κ1) is 35.1. The van der Waals surface area contributed by atoms with Gasteiger partial charge in [0, 0.05) is 31.9 Å². The number of carbonyl (C=O) groups excluding carboxylic acids is 3. The van der Waals surface area contributed by atoms with E-state index in [2.05, 4.69) is 10.6 Å². The van der Waals surface area contributed by atoms with Crippen molar-refractivity contribution in [1.82, 2.24) is 9.80 Å². The number of carboxylic acid groups (broad SMARTS) is 1. The van der Waals surface area contributed by atoms with Crippen LogP contribution in [0.15, 0.2) is 59.5 Å². The lowest BCUT2D eigenvalue weighted by molar-refractivity contribution is -0.143. The normalized spacial score (nSPS) is 18.0. The van der Waals surface area contributed by atoms with Gasteiger partial charge in [-0.2, -0.15) is 0 Å². The van der Waals surface area contributed by atoms with E-state index in [0.29, 0.717) is 12.8 Å². The third-order valence-corrected chi connectivity index (χ3v) is 10.9. The smallest absolute Gasteiger partial charge is 0.321 e. The zero-order valence-electron chi connectivity index (χ0n) is 26.8. The number of hydrogen-bond donors (Lipinski definition) is 4. The van der Waals surface area contributed by atoms with E-state index in [0.717, 1.165) is 24.3 Å². The number of carbonyl (C=O) groups is 4. The highest BCUT2D eigenvalue weighted by atomic mass is 32.2. The van der Waals surface area contributed by atoms with Crippen molar-refractivity contribution in [2.45, 2.75) is 41.5 Å². The molecule has 16 heteroatoms. The average molecular weight is 700 g/mol. The average Bonchev–Trinajstić information content (AvgIpc) is 3.83. The number of nitrogens with two attached hydrogens (primary N) is 1. The summed E-state index contributed by atoms with van der Waals surface area (Å²) in [6.07, 6.45) is 0.740. The van der Waals surface area contributed by atoms with E-state index in [9.17, 15) is 37.1 Å². The van der Waals surface area contributed by atoms with Gasteiger partial charge in [0.05, 0.1) is 34.9 Å². The number of rotatable bonds is 11. The van der Waals surface area contributed by atoms with E-state index < -0.39 is 68.5 Å². The molecule has 5 rings (SSSR count). The van der Waals surface area contributed by atoms with Crippen LogP contribution in [0.4, 0.5) is 25.0 Å². The number of ether oxygens (including phenoxy) is 1. The summed E-state index contributed by atoms with van der Waals surface area (Å²) in [7, 11) is 0.240. The summed E-state index contributed by atoms with van der Waals surface area (Å²) in [6.45, 7) is -0.155. The molecule has 2 fully saturated rings. The summed E-state index contributed by atoms with van der Waals surface area (Å²) in [6, 6.07) is 7.32. The second kappa shape index (κ2) is 13.7. The molecular formula is C33H35F2N5O8S. The molecule has 0 bridgehead atoms. The van der Waals surface area contributed by atoms with Crippen molar-refractivity contribution in [1.29, 1.82) is 0 Å². The Morgan fingerprint density at radius 3 is 2.31 bits per heavy atom. The SMILES string of the molecule is COc1cc(C(Nc2cc(C(N)=O)ccc2F)C(=O)N2CC[C@H](C(=O)O)[C@@H]2c2cc(NC(=O)N(C)C)ccc2S(=O)(=O)C2CC2)ccc1F. The highest BCUT2D eigenvalue weighted by molar-refractivity contribution is 7.92. The molecule has 1 saturated carbocycles. The lowest BCUT2D eigenvalue weighted by Gasteiger charge is -2.33. The first-order chi connectivity index (χ1) is 23.1. The van der Waals surface area contributed by atoms with Gasteiger partial charge in [-0.3, -0.25) is 14.4 Å². The standard InChI is InChI=1S/C33H35F2N5O8S/c1-39(2)33(45)37-19-6-11-27(49(46,47)20-7-8-20)22(16-19)29-21(32(43)44)12-13-40(29)31(42)28(17-4-10-24(35)26(15-17)48-3)38-25-14-18(30(36)41)5-9-23(25)34/h4-6,9-11,14-16,20-21,28-29,38H,7-8,12-13H2,1-3H3,(H2,36,41)(H,37,45)(H,43,44)/t21-,28?,29+/m0/s1. The maximum Gasteiger partial charge on any atom is 0.321 e. The third-order valence-electron chi connectivity index (χ3n) is 8.56. The number of nitrogens with one attached hydrogen (secondary N) is 2. The molecule has 3 aromatic rings. The topological polar surface area (TPSA) is 188 Å². The number of primary amides is 1. The Morgan fingerprint density at radius 2 is 1.69 bits per heavy atom. The Labute approximate surface area is 280 Å². The fourth-order valence-corrected chi connectivity index (χ4v) is 7.73. The van der Waals surface area contributed by atoms with Crippen LogP contribution >= 0.6 is 0 Å². The van der Waals surface area contributed by atoms with Crippen LogP contribution in [0.5, 0.6) is 5.75 Å². The van der Waals surface area contributed by atoms with Crippen LogP contribution in [0.3, 0.4) is 0 Å². The lowest BCUT2D eigenvalue weighted by atomic mass is 9.92. The maximum absolute atomic E-state index is 15.1. The molecule has 2 aliphatic rings. The second-order valence-corrected chi connectivity index (χ2v) is 14.3. The van der Waals surface area contributed by atoms with Crippen molar-refractivity contribution in [2.75, 3.05) is 38.4 Å². The van der Waals surface area contributed by atoms with E-state index in [4.69, 9.17) is 10.5 Å². The summed E-state index contributed by atoms with van der Waals surface area (Å²) in [5, 5.41) is 15.0. The number of anilines is 2. The van der Waals surface area contributed by atoms with E-state index in [1.54, 1.807) is 0 Å². The van der Waals surface area contributed by atoms with Gasteiger partial charge in [0.25, 0.3) is 0 Å². The molecule has 0 spiro atoms. The molecule has 260 valence electrons. The molecule has 5 N–H and O–H groups in total. The monoisotopic (exact) mass is 699 g/mol. The summed E-state index contributed by atoms with van der Waals surface area (Å²) in [5.41, 5.74) is 5.23. The number of methoxy groups -OCH3 is 1. The van der Waals surface area contributed by atoms with Crippen molar-refractivity contribution >= 4 is 45.0 Å². The van der Waals surface area contributed by atoms with Crippen LogP contribution in [0.2, 0.25) is 0 Å². The molecule has 4 amide bonds. The van der Waals surface area contributed by atoms with E-state index in [1.165, 1.54) is 61.3 Å². The van der Waals surface area contributed by atoms with Gasteiger partial charge in [-0.25, -0.2) is 22.0 Å². The lowest BCUT2D eigenvalue weighted by Crippen LogP contribution is -2.40. The summed E-state index contributed by atoms with van der Waals surface area (Å²) >= 11 is 0. The van der Waals surface area contributed by atoms with Crippen LogP contribution in [-0.2, 0) is 19.4 Å². The predicted molar refractivity (Wildman–Crippen MR) is 174 cm³/mol. The predicted octanol–water partition coefficient (Wildman–Crippen LogP) is 3.93. The molecule has 49 heavy (non-hydrogen) atoms. The number of aliphatic carboxylic acids is 1. The van der Waals surface area contributed by atoms with Crippen molar-refractivity contribution in [3.63, 3.8) is 0 Å². The summed E-state index contributed by atoms with van der Waals surface area (Å²) in [4.78, 5) is 54.0. The molecule has 0 radical (unpaired) electrons. The van der Waals surface area contributed by atoms with E-state index >= 15 is 4.39 Å². The van der Waals surface area contributed by atoms with Gasteiger partial charge in [0.2, 0.25) is 11.8 Å². The number of nitrogens with zero attached hydrogens (tertiary/aromatic N) is 2. The fraction of sp³-hybridized carbons (Fsp3) is 0.333.